The quantitative estimate of drug-likeness (QED) is 0.283. The number of benzene rings is 2. The number of aliphatic imine (C=N–C) groups is 1. The Morgan fingerprint density at radius 3 is 1.90 bits per heavy atom. The topological polar surface area (TPSA) is 123 Å². The molecule has 7 saturated heterocycles. The van der Waals surface area contributed by atoms with Crippen LogP contribution in [-0.2, 0) is 23.8 Å². The van der Waals surface area contributed by atoms with E-state index in [0.717, 1.165) is 64.5 Å². The maximum atomic E-state index is 6.05. The number of nitrogens with two attached hydrogens (primary N) is 1. The normalized spacial score (nSPS) is 32.0. The van der Waals surface area contributed by atoms with Crippen LogP contribution in [0.2, 0.25) is 0 Å². The van der Waals surface area contributed by atoms with Crippen molar-refractivity contribution in [3.63, 3.8) is 0 Å². The molecule has 8 aliphatic rings. The smallest absolute Gasteiger partial charge is 0.232 e. The van der Waals surface area contributed by atoms with Crippen molar-refractivity contribution >= 4 is 68.0 Å². The van der Waals surface area contributed by atoms with E-state index < -0.39 is 0 Å². The minimum absolute atomic E-state index is 0. The zero-order valence-corrected chi connectivity index (χ0v) is 29.9. The van der Waals surface area contributed by atoms with Gasteiger partial charge in [-0.15, -0.1) is 12.4 Å². The number of para-hydroxylation sites is 4. The molecule has 4 bridgehead atoms. The number of rotatable bonds is 1. The predicted molar refractivity (Wildman–Crippen MR) is 193 cm³/mol. The van der Waals surface area contributed by atoms with E-state index in [1.54, 1.807) is 0 Å². The molecule has 48 heavy (non-hydrogen) atoms. The summed E-state index contributed by atoms with van der Waals surface area (Å²) in [6.07, 6.45) is 6.68. The molecule has 10 heterocycles. The first-order valence-corrected chi connectivity index (χ1v) is 17.6. The SMILES string of the molecule is Cl.Cn1c(Br)nc2ccccc21.Cn1c(N=C2C[C@@]3(CN4CCC3CC4)ON2)nc2ccccc21.NC1=NO[C@@]2(C1)CN1CCC2CC1. The number of halogens is 2. The van der Waals surface area contributed by atoms with Gasteiger partial charge in [0, 0.05) is 39.5 Å². The van der Waals surface area contributed by atoms with E-state index in [9.17, 15) is 0 Å². The average molecular weight is 740 g/mol. The standard InChI is InChI=1S/C17H21N5O.C9H15N3O.C8H7BrN2.ClH/c1-21-14-5-3-2-4-13(14)18-16(21)19-15-10-17(23-20-15)11-22-8-6-12(17)7-9-22;10-8-5-9(13-11-8)6-12-3-1-7(9)2-4-12;1-11-7-5-3-2-4-6(7)10-8(11)9;/h2-5,12H,6-11H2,1H3,(H,18,19,20);7H,1-6H2,(H2,10,11);2-5H,1H3;1H/t17-;9-;;/m00../s1. The second kappa shape index (κ2) is 13.2. The minimum atomic E-state index is -0.0834. The van der Waals surface area contributed by atoms with E-state index in [2.05, 4.69) is 52.4 Å². The number of imidazole rings is 2. The second-order valence-electron chi connectivity index (χ2n) is 13.9. The summed E-state index contributed by atoms with van der Waals surface area (Å²) in [6.45, 7) is 6.94. The van der Waals surface area contributed by atoms with Gasteiger partial charge in [0.15, 0.2) is 10.3 Å². The van der Waals surface area contributed by atoms with Crippen molar-refractivity contribution in [3.8, 4) is 0 Å². The third kappa shape index (κ3) is 6.08. The maximum Gasteiger partial charge on any atom is 0.232 e. The zero-order chi connectivity index (χ0) is 32.2. The van der Waals surface area contributed by atoms with Gasteiger partial charge in [0.25, 0.3) is 0 Å². The number of amidine groups is 2. The van der Waals surface area contributed by atoms with Crippen LogP contribution in [-0.4, -0.2) is 91.0 Å². The Kier molecular flexibility index (Phi) is 9.18. The number of hydroxylamine groups is 1. The van der Waals surface area contributed by atoms with Gasteiger partial charge in [-0.25, -0.2) is 9.97 Å². The highest BCUT2D eigenvalue weighted by molar-refractivity contribution is 9.10. The molecular weight excluding hydrogens is 696 g/mol. The molecule has 2 spiro atoms. The Hall–Kier alpha value is -3.23. The van der Waals surface area contributed by atoms with Crippen LogP contribution in [0, 0.1) is 11.8 Å². The van der Waals surface area contributed by atoms with Gasteiger partial charge < -0.3 is 24.6 Å². The van der Waals surface area contributed by atoms with Crippen LogP contribution in [0.5, 0.6) is 0 Å². The van der Waals surface area contributed by atoms with E-state index in [0.29, 0.717) is 17.7 Å². The number of nitrogens with one attached hydrogen (secondary N) is 1. The molecule has 2 atom stereocenters. The van der Waals surface area contributed by atoms with E-state index in [1.807, 2.05) is 65.7 Å². The number of hydrogen-bond acceptors (Lipinski definition) is 9. The molecule has 256 valence electrons. The van der Waals surface area contributed by atoms with Crippen molar-refractivity contribution in [1.29, 1.82) is 0 Å². The van der Waals surface area contributed by atoms with Crippen molar-refractivity contribution in [2.75, 3.05) is 39.3 Å². The van der Waals surface area contributed by atoms with Gasteiger partial charge in [-0.1, -0.05) is 29.4 Å². The van der Waals surface area contributed by atoms with Crippen molar-refractivity contribution in [3.05, 3.63) is 53.3 Å². The Morgan fingerprint density at radius 2 is 1.38 bits per heavy atom. The molecular formula is C34H44BrClN10O2. The summed E-state index contributed by atoms with van der Waals surface area (Å²) in [6, 6.07) is 16.2. The Morgan fingerprint density at radius 1 is 0.812 bits per heavy atom. The molecule has 0 radical (unpaired) electrons. The highest BCUT2D eigenvalue weighted by Gasteiger charge is 2.53. The molecule has 12 nitrogen and oxygen atoms in total. The minimum Gasteiger partial charge on any atom is -0.386 e. The lowest BCUT2D eigenvalue weighted by molar-refractivity contribution is -0.150. The fraction of sp³-hybridized carbons (Fsp3) is 0.529. The fourth-order valence-corrected chi connectivity index (χ4v) is 8.82. The van der Waals surface area contributed by atoms with E-state index in [-0.39, 0.29) is 23.6 Å². The molecule has 0 amide bonds. The maximum absolute atomic E-state index is 6.05. The number of nitrogens with zero attached hydrogens (tertiary/aromatic N) is 8. The number of aromatic nitrogens is 4. The third-order valence-corrected chi connectivity index (χ3v) is 11.7. The molecule has 3 N–H and O–H groups in total. The first kappa shape index (κ1) is 33.3. The molecule has 7 fully saturated rings. The van der Waals surface area contributed by atoms with Crippen LogP contribution in [0.4, 0.5) is 5.95 Å². The van der Waals surface area contributed by atoms with Gasteiger partial charge in [0.05, 0.1) is 28.5 Å². The fourth-order valence-electron chi connectivity index (χ4n) is 8.44. The first-order valence-electron chi connectivity index (χ1n) is 16.8. The number of oxime groups is 1. The van der Waals surface area contributed by atoms with Crippen LogP contribution in [0.15, 0.2) is 63.4 Å². The molecule has 2 aromatic heterocycles. The van der Waals surface area contributed by atoms with E-state index in [1.165, 1.54) is 51.9 Å². The number of hydrogen-bond donors (Lipinski definition) is 2. The number of fused-ring (bicyclic) bond motifs is 6. The summed E-state index contributed by atoms with van der Waals surface area (Å²) in [7, 11) is 3.99. The highest BCUT2D eigenvalue weighted by Crippen LogP contribution is 2.43. The number of piperidine rings is 6. The molecule has 14 heteroatoms. The van der Waals surface area contributed by atoms with Gasteiger partial charge >= 0.3 is 0 Å². The van der Waals surface area contributed by atoms with Gasteiger partial charge in [0.1, 0.15) is 17.3 Å². The third-order valence-electron chi connectivity index (χ3n) is 11.0. The average Bonchev–Trinajstić information content (AvgIpc) is 3.83. The van der Waals surface area contributed by atoms with Crippen LogP contribution >= 0.6 is 28.3 Å². The summed E-state index contributed by atoms with van der Waals surface area (Å²) in [5.74, 6) is 3.64. The summed E-state index contributed by atoms with van der Waals surface area (Å²) in [5, 5.41) is 3.90. The zero-order valence-electron chi connectivity index (χ0n) is 27.5. The lowest BCUT2D eigenvalue weighted by Gasteiger charge is -2.49. The summed E-state index contributed by atoms with van der Waals surface area (Å²) in [4.78, 5) is 30.2. The van der Waals surface area contributed by atoms with Crippen LogP contribution < -0.4 is 11.2 Å². The largest absolute Gasteiger partial charge is 0.386 e. The molecule has 0 saturated carbocycles. The molecule has 12 rings (SSSR count). The van der Waals surface area contributed by atoms with Gasteiger partial charge in [-0.2, -0.15) is 4.99 Å². The molecule has 4 aromatic rings. The summed E-state index contributed by atoms with van der Waals surface area (Å²) in [5.41, 5.74) is 12.9. The molecule has 0 unspecified atom stereocenters. The predicted octanol–water partition coefficient (Wildman–Crippen LogP) is 4.89. The lowest BCUT2D eigenvalue weighted by atomic mass is 9.74. The van der Waals surface area contributed by atoms with Crippen LogP contribution in [0.1, 0.15) is 38.5 Å². The van der Waals surface area contributed by atoms with Gasteiger partial charge in [0.2, 0.25) is 5.95 Å². The monoisotopic (exact) mass is 738 g/mol. The van der Waals surface area contributed by atoms with Crippen molar-refractivity contribution < 1.29 is 9.68 Å². The Bertz CT molecular complexity index is 1840. The number of aryl methyl sites for hydroxylation is 2. The molecule has 2 aromatic carbocycles. The van der Waals surface area contributed by atoms with Crippen molar-refractivity contribution in [1.82, 2.24) is 34.4 Å². The second-order valence-corrected chi connectivity index (χ2v) is 14.6. The molecule has 8 aliphatic heterocycles. The van der Waals surface area contributed by atoms with Crippen molar-refractivity contribution in [2.45, 2.75) is 49.7 Å². The molecule has 0 aliphatic carbocycles. The van der Waals surface area contributed by atoms with Gasteiger partial charge in [-0.3, -0.25) is 15.2 Å². The van der Waals surface area contributed by atoms with E-state index in [4.69, 9.17) is 20.4 Å². The van der Waals surface area contributed by atoms with Crippen LogP contribution in [0.25, 0.3) is 22.1 Å². The van der Waals surface area contributed by atoms with Gasteiger partial charge in [-0.05, 0) is 98.0 Å². The highest BCUT2D eigenvalue weighted by atomic mass is 79.9. The Labute approximate surface area is 295 Å². The van der Waals surface area contributed by atoms with Crippen molar-refractivity contribution in [2.24, 2.45) is 41.8 Å². The lowest BCUT2D eigenvalue weighted by Crippen LogP contribution is -2.59. The van der Waals surface area contributed by atoms with Crippen LogP contribution in [0.3, 0.4) is 0 Å². The summed E-state index contributed by atoms with van der Waals surface area (Å²) < 4.78 is 4.92. The Balaban J connectivity index is 0.000000124. The first-order chi connectivity index (χ1) is 22.8. The van der Waals surface area contributed by atoms with E-state index >= 15 is 0 Å². The summed E-state index contributed by atoms with van der Waals surface area (Å²) >= 11 is 3.36.